The van der Waals surface area contributed by atoms with Gasteiger partial charge in [0.05, 0.1) is 39.9 Å². The molecule has 0 aromatic carbocycles. The predicted octanol–water partition coefficient (Wildman–Crippen LogP) is 17.1. The fraction of sp³-hybridized carbons (Fsp3) is 0.780. The molecular formula is C59H110N2O6P+. The van der Waals surface area contributed by atoms with Crippen LogP contribution in [0.1, 0.15) is 245 Å². The minimum Gasteiger partial charge on any atom is -0.391 e. The second-order valence-corrected chi connectivity index (χ2v) is 21.7. The Morgan fingerprint density at radius 2 is 0.882 bits per heavy atom. The van der Waals surface area contributed by atoms with Crippen molar-refractivity contribution in [1.82, 2.24) is 5.32 Å². The normalized spacial score (nSPS) is 14.5. The number of carbonyl (C=O) groups is 1. The van der Waals surface area contributed by atoms with Crippen molar-refractivity contribution in [3.8, 4) is 0 Å². The maximum Gasteiger partial charge on any atom is 0.472 e. The van der Waals surface area contributed by atoms with E-state index in [0.717, 1.165) is 77.0 Å². The lowest BCUT2D eigenvalue weighted by Gasteiger charge is -2.26. The van der Waals surface area contributed by atoms with Crippen molar-refractivity contribution in [3.63, 3.8) is 0 Å². The first-order valence-corrected chi connectivity index (χ1v) is 29.8. The Labute approximate surface area is 421 Å². The van der Waals surface area contributed by atoms with E-state index in [1.165, 1.54) is 141 Å². The Kier molecular flexibility index (Phi) is 48.4. The van der Waals surface area contributed by atoms with Gasteiger partial charge >= 0.3 is 7.82 Å². The standard InChI is InChI=1S/C59H109N2O6P/c1-6-8-10-12-14-16-17-18-19-20-21-22-23-24-25-26-27-28-29-30-31-32-33-34-35-36-37-38-39-40-41-42-43-45-47-49-51-53-59(63)60-57(56-67-68(64,65)66-55-54-61(3,4)5)58(62)52-50-48-46-44-15-13-11-9-7-2/h8,10,14,16,18-19,21-22,24-25,27-28,57-58,62H,6-7,9,11-13,15,17,20,23,26,29-56H2,1-5H3,(H-,60,63,64,65)/p+1/b10-8-,16-14-,19-18-,22-21-,25-24-,28-27-. The van der Waals surface area contributed by atoms with Crippen LogP contribution in [-0.2, 0) is 18.4 Å². The van der Waals surface area contributed by atoms with Crippen LogP contribution in [-0.4, -0.2) is 73.4 Å². The highest BCUT2D eigenvalue weighted by Crippen LogP contribution is 2.43. The van der Waals surface area contributed by atoms with Gasteiger partial charge in [0, 0.05) is 6.42 Å². The molecule has 0 spiro atoms. The van der Waals surface area contributed by atoms with E-state index in [1.54, 1.807) is 0 Å². The summed E-state index contributed by atoms with van der Waals surface area (Å²) in [5.41, 5.74) is 0. The first-order chi connectivity index (χ1) is 33.0. The van der Waals surface area contributed by atoms with Crippen molar-refractivity contribution in [2.45, 2.75) is 257 Å². The first-order valence-electron chi connectivity index (χ1n) is 28.3. The van der Waals surface area contributed by atoms with Crippen LogP contribution in [0.4, 0.5) is 0 Å². The van der Waals surface area contributed by atoms with Gasteiger partial charge in [-0.25, -0.2) is 4.57 Å². The highest BCUT2D eigenvalue weighted by molar-refractivity contribution is 7.47. The summed E-state index contributed by atoms with van der Waals surface area (Å²) in [6.45, 7) is 4.75. The second-order valence-electron chi connectivity index (χ2n) is 20.3. The van der Waals surface area contributed by atoms with Gasteiger partial charge in [0.15, 0.2) is 0 Å². The third-order valence-electron chi connectivity index (χ3n) is 12.5. The molecule has 0 saturated heterocycles. The van der Waals surface area contributed by atoms with E-state index in [2.05, 4.69) is 92.1 Å². The van der Waals surface area contributed by atoms with E-state index in [-0.39, 0.29) is 19.1 Å². The fourth-order valence-electron chi connectivity index (χ4n) is 8.05. The third kappa shape index (κ3) is 51.8. The number of likely N-dealkylation sites (N-methyl/N-ethyl adjacent to an activating group) is 1. The smallest absolute Gasteiger partial charge is 0.391 e. The Morgan fingerprint density at radius 3 is 1.29 bits per heavy atom. The number of quaternary nitrogens is 1. The summed E-state index contributed by atoms with van der Waals surface area (Å²) in [7, 11) is 1.61. The molecule has 3 unspecified atom stereocenters. The summed E-state index contributed by atoms with van der Waals surface area (Å²) in [4.78, 5) is 23.2. The molecule has 396 valence electrons. The van der Waals surface area contributed by atoms with E-state index in [4.69, 9.17) is 9.05 Å². The summed E-state index contributed by atoms with van der Waals surface area (Å²) in [6, 6.07) is -0.759. The van der Waals surface area contributed by atoms with E-state index in [0.29, 0.717) is 23.9 Å². The number of phosphoric ester groups is 1. The van der Waals surface area contributed by atoms with Crippen LogP contribution >= 0.6 is 7.82 Å². The number of amides is 1. The number of hydrogen-bond acceptors (Lipinski definition) is 5. The molecule has 0 aromatic heterocycles. The molecule has 3 atom stereocenters. The maximum atomic E-state index is 12.9. The van der Waals surface area contributed by atoms with E-state index in [9.17, 15) is 19.4 Å². The average Bonchev–Trinajstić information content (AvgIpc) is 3.30. The predicted molar refractivity (Wildman–Crippen MR) is 295 cm³/mol. The number of allylic oxidation sites excluding steroid dienone is 12. The van der Waals surface area contributed by atoms with E-state index >= 15 is 0 Å². The number of aliphatic hydroxyl groups excluding tert-OH is 1. The molecular weight excluding hydrogens is 864 g/mol. The lowest BCUT2D eigenvalue weighted by Crippen LogP contribution is -2.46. The Morgan fingerprint density at radius 1 is 0.515 bits per heavy atom. The number of carbonyl (C=O) groups excluding carboxylic acids is 1. The van der Waals surface area contributed by atoms with Gasteiger partial charge < -0.3 is 19.8 Å². The van der Waals surface area contributed by atoms with Crippen molar-refractivity contribution in [2.75, 3.05) is 40.9 Å². The quantitative estimate of drug-likeness (QED) is 0.0243. The summed E-state index contributed by atoms with van der Waals surface area (Å²) >= 11 is 0. The van der Waals surface area contributed by atoms with Crippen LogP contribution in [0.3, 0.4) is 0 Å². The van der Waals surface area contributed by atoms with Crippen LogP contribution < -0.4 is 5.32 Å². The monoisotopic (exact) mass is 974 g/mol. The molecule has 8 nitrogen and oxygen atoms in total. The van der Waals surface area contributed by atoms with Crippen LogP contribution in [0.2, 0.25) is 0 Å². The van der Waals surface area contributed by atoms with Gasteiger partial charge in [0.2, 0.25) is 5.91 Å². The molecule has 68 heavy (non-hydrogen) atoms. The van der Waals surface area contributed by atoms with Gasteiger partial charge in [-0.05, 0) is 64.2 Å². The highest BCUT2D eigenvalue weighted by Gasteiger charge is 2.28. The number of phosphoric acid groups is 1. The number of hydrogen-bond donors (Lipinski definition) is 3. The van der Waals surface area contributed by atoms with Crippen LogP contribution in [0.25, 0.3) is 0 Å². The van der Waals surface area contributed by atoms with Gasteiger partial charge in [-0.2, -0.15) is 0 Å². The zero-order chi connectivity index (χ0) is 49.9. The Balaban J connectivity index is 3.89. The maximum absolute atomic E-state index is 12.9. The first kappa shape index (κ1) is 65.9. The van der Waals surface area contributed by atoms with Gasteiger partial charge in [-0.15, -0.1) is 0 Å². The number of unbranched alkanes of at least 4 members (excludes halogenated alkanes) is 26. The van der Waals surface area contributed by atoms with Crippen LogP contribution in [0.5, 0.6) is 0 Å². The lowest BCUT2D eigenvalue weighted by molar-refractivity contribution is -0.870. The van der Waals surface area contributed by atoms with Gasteiger partial charge in [0.1, 0.15) is 13.2 Å². The second kappa shape index (κ2) is 49.9. The molecule has 1 amide bonds. The molecule has 0 heterocycles. The molecule has 0 radical (unpaired) electrons. The number of nitrogens with zero attached hydrogens (tertiary/aromatic N) is 1. The van der Waals surface area contributed by atoms with Gasteiger partial charge in [-0.1, -0.05) is 247 Å². The number of aliphatic hydroxyl groups is 1. The van der Waals surface area contributed by atoms with Crippen molar-refractivity contribution in [3.05, 3.63) is 72.9 Å². The summed E-state index contributed by atoms with van der Waals surface area (Å²) in [6.07, 6.45) is 68.4. The Bertz CT molecular complexity index is 1330. The molecule has 0 rings (SSSR count). The zero-order valence-corrected chi connectivity index (χ0v) is 46.0. The van der Waals surface area contributed by atoms with Crippen molar-refractivity contribution in [1.29, 1.82) is 0 Å². The molecule has 0 bridgehead atoms. The van der Waals surface area contributed by atoms with Crippen molar-refractivity contribution < 1.29 is 32.9 Å². The number of nitrogens with one attached hydrogen (secondary N) is 1. The van der Waals surface area contributed by atoms with E-state index < -0.39 is 20.0 Å². The molecule has 0 aliphatic carbocycles. The fourth-order valence-corrected chi connectivity index (χ4v) is 8.79. The SMILES string of the molecule is CC/C=C\C/C=C\C/C=C\C/C=C\C/C=C\C/C=C\CCCCCCCCCCCCCCCCCCCCC(=O)NC(COP(=O)(O)OCC[N+](C)(C)C)C(O)CCCCCCCCCCC. The number of rotatable bonds is 51. The molecule has 0 aliphatic heterocycles. The van der Waals surface area contributed by atoms with Gasteiger partial charge in [0.25, 0.3) is 0 Å². The minimum atomic E-state index is -4.31. The zero-order valence-electron chi connectivity index (χ0n) is 45.1. The van der Waals surface area contributed by atoms with Crippen molar-refractivity contribution in [2.24, 2.45) is 0 Å². The largest absolute Gasteiger partial charge is 0.472 e. The molecule has 0 aromatic rings. The molecule has 0 aliphatic rings. The average molecular weight is 975 g/mol. The van der Waals surface area contributed by atoms with Crippen molar-refractivity contribution >= 4 is 13.7 Å². The minimum absolute atomic E-state index is 0.0738. The Hall–Kier alpha value is -2.06. The van der Waals surface area contributed by atoms with Crippen LogP contribution in [0.15, 0.2) is 72.9 Å². The highest BCUT2D eigenvalue weighted by atomic mass is 31.2. The summed E-state index contributed by atoms with van der Waals surface area (Å²) in [5, 5.41) is 13.9. The summed E-state index contributed by atoms with van der Waals surface area (Å²) < 4.78 is 23.6. The topological polar surface area (TPSA) is 105 Å². The van der Waals surface area contributed by atoms with Gasteiger partial charge in [-0.3, -0.25) is 13.8 Å². The molecule has 3 N–H and O–H groups in total. The van der Waals surface area contributed by atoms with Crippen LogP contribution in [0, 0.1) is 0 Å². The van der Waals surface area contributed by atoms with E-state index in [1.807, 2.05) is 21.1 Å². The molecule has 9 heteroatoms. The lowest BCUT2D eigenvalue weighted by atomic mass is 10.0. The molecule has 0 saturated carbocycles. The third-order valence-corrected chi connectivity index (χ3v) is 13.5. The summed E-state index contributed by atoms with van der Waals surface area (Å²) in [5.74, 6) is -0.146. The molecule has 0 fully saturated rings.